The van der Waals surface area contributed by atoms with E-state index < -0.39 is 16.1 Å². The molecule has 2 aromatic rings. The maximum Gasteiger partial charge on any atom is 0.191 e. The number of aryl methyl sites for hydroxylation is 1. The third kappa shape index (κ3) is 4.69. The van der Waals surface area contributed by atoms with Gasteiger partial charge in [-0.3, -0.25) is 0 Å². The molecule has 0 spiro atoms. The number of halogens is 1. The molecule has 0 aliphatic carbocycles. The molecule has 26 heavy (non-hydrogen) atoms. The molecule has 1 unspecified atom stereocenters. The highest BCUT2D eigenvalue weighted by Gasteiger charge is 2.26. The van der Waals surface area contributed by atoms with Crippen molar-refractivity contribution in [2.45, 2.75) is 32.4 Å². The van der Waals surface area contributed by atoms with Crippen molar-refractivity contribution in [3.8, 4) is 11.1 Å². The number of ether oxygens (including phenoxy) is 1. The van der Waals surface area contributed by atoms with E-state index in [1.807, 2.05) is 45.9 Å². The van der Waals surface area contributed by atoms with Gasteiger partial charge < -0.3 is 9.29 Å². The van der Waals surface area contributed by atoms with Crippen LogP contribution in [-0.4, -0.2) is 27.7 Å². The minimum atomic E-state index is -1.43. The fraction of sp³-hybridized carbons (Fsp3) is 0.300. The lowest BCUT2D eigenvalue weighted by atomic mass is 9.92. The van der Waals surface area contributed by atoms with Gasteiger partial charge in [0.2, 0.25) is 0 Å². The lowest BCUT2D eigenvalue weighted by molar-refractivity contribution is 0.416. The second-order valence-corrected chi connectivity index (χ2v) is 9.12. The lowest BCUT2D eigenvalue weighted by Gasteiger charge is -2.18. The molecule has 0 saturated carbocycles. The molecule has 2 aromatic carbocycles. The normalized spacial score (nSPS) is 13.0. The van der Waals surface area contributed by atoms with E-state index in [0.29, 0.717) is 10.6 Å². The largest absolute Gasteiger partial charge is 0.591 e. The lowest BCUT2D eigenvalue weighted by Crippen LogP contribution is -2.25. The summed E-state index contributed by atoms with van der Waals surface area (Å²) in [6, 6.07) is 10.2. The summed E-state index contributed by atoms with van der Waals surface area (Å²) in [5.41, 5.74) is 3.87. The van der Waals surface area contributed by atoms with Gasteiger partial charge in [0.1, 0.15) is 21.9 Å². The average Bonchev–Trinajstić information content (AvgIpc) is 2.58. The predicted octanol–water partition coefficient (Wildman–Crippen LogP) is 5.00. The van der Waals surface area contributed by atoms with E-state index in [1.165, 1.54) is 25.5 Å². The number of nitrogens with zero attached hydrogens (tertiary/aromatic N) is 1. The minimum absolute atomic E-state index is 0.356. The summed E-state index contributed by atoms with van der Waals surface area (Å²) in [6.07, 6.45) is 1.46. The number of benzene rings is 2. The molecular weight excluding hydrogens is 369 g/mol. The molecule has 0 fully saturated rings. The Balaban J connectivity index is 2.63. The summed E-state index contributed by atoms with van der Waals surface area (Å²) >= 11 is 3.88. The van der Waals surface area contributed by atoms with Crippen molar-refractivity contribution in [2.24, 2.45) is 4.40 Å². The first kappa shape index (κ1) is 20.6. The Morgan fingerprint density at radius 3 is 2.58 bits per heavy atom. The first-order chi connectivity index (χ1) is 12.1. The Hall–Kier alpha value is -1.76. The van der Waals surface area contributed by atoms with E-state index in [1.54, 1.807) is 6.07 Å². The van der Waals surface area contributed by atoms with Crippen LogP contribution >= 0.6 is 12.2 Å². The van der Waals surface area contributed by atoms with Gasteiger partial charge >= 0.3 is 0 Å². The second-order valence-electron chi connectivity index (χ2n) is 6.82. The highest BCUT2D eigenvalue weighted by atomic mass is 32.2. The van der Waals surface area contributed by atoms with Crippen molar-refractivity contribution in [1.82, 2.24) is 0 Å². The van der Waals surface area contributed by atoms with Crippen LogP contribution in [0.25, 0.3) is 11.1 Å². The van der Waals surface area contributed by atoms with E-state index in [-0.39, 0.29) is 5.82 Å². The monoisotopic (exact) mass is 391 g/mol. The zero-order valence-electron chi connectivity index (χ0n) is 15.5. The smallest absolute Gasteiger partial charge is 0.191 e. The minimum Gasteiger partial charge on any atom is -0.591 e. The van der Waals surface area contributed by atoms with Crippen LogP contribution in [0.2, 0.25) is 0 Å². The van der Waals surface area contributed by atoms with Gasteiger partial charge in [0, 0.05) is 11.1 Å². The van der Waals surface area contributed by atoms with Crippen LogP contribution in [-0.2, 0) is 16.1 Å². The Labute approximate surface area is 162 Å². The predicted molar refractivity (Wildman–Crippen MR) is 111 cm³/mol. The van der Waals surface area contributed by atoms with E-state index >= 15 is 0 Å². The van der Waals surface area contributed by atoms with E-state index in [0.717, 1.165) is 22.3 Å². The maximum atomic E-state index is 13.9. The van der Waals surface area contributed by atoms with Gasteiger partial charge in [0.15, 0.2) is 5.05 Å². The third-order valence-corrected chi connectivity index (χ3v) is 5.50. The third-order valence-electron chi connectivity index (χ3n) is 3.77. The quantitative estimate of drug-likeness (QED) is 0.418. The molecule has 0 aromatic heterocycles. The van der Waals surface area contributed by atoms with Crippen molar-refractivity contribution < 1.29 is 13.7 Å². The van der Waals surface area contributed by atoms with Crippen molar-refractivity contribution >= 4 is 34.8 Å². The molecule has 0 bridgehead atoms. The maximum absolute atomic E-state index is 13.9. The van der Waals surface area contributed by atoms with Crippen molar-refractivity contribution in [2.75, 3.05) is 7.11 Å². The number of hydrogen-bond acceptors (Lipinski definition) is 4. The molecule has 0 heterocycles. The van der Waals surface area contributed by atoms with Crippen LogP contribution in [0, 0.1) is 12.7 Å². The second kappa shape index (κ2) is 8.29. The molecule has 6 heteroatoms. The highest BCUT2D eigenvalue weighted by Crippen LogP contribution is 2.31. The fourth-order valence-electron chi connectivity index (χ4n) is 2.44. The first-order valence-corrected chi connectivity index (χ1v) is 9.60. The summed E-state index contributed by atoms with van der Waals surface area (Å²) < 4.78 is 35.0. The molecule has 1 atom stereocenters. The van der Waals surface area contributed by atoms with E-state index in [9.17, 15) is 8.94 Å². The Bertz CT molecular complexity index is 844. The van der Waals surface area contributed by atoms with Gasteiger partial charge in [-0.05, 0) is 74.8 Å². The number of rotatable bonds is 4. The molecule has 0 amide bonds. The Kier molecular flexibility index (Phi) is 6.55. The molecule has 0 aliphatic heterocycles. The molecular formula is C20H22FNO2S2. The van der Waals surface area contributed by atoms with Crippen LogP contribution in [0.3, 0.4) is 0 Å². The highest BCUT2D eigenvalue weighted by molar-refractivity contribution is 7.91. The molecule has 2 rings (SSSR count). The van der Waals surface area contributed by atoms with Crippen LogP contribution in [0.1, 0.15) is 37.5 Å². The molecule has 0 N–H and O–H groups in total. The molecule has 0 saturated heterocycles. The molecule has 0 aliphatic rings. The fourth-order valence-corrected chi connectivity index (χ4v) is 3.13. The van der Waals surface area contributed by atoms with E-state index in [4.69, 9.17) is 17.0 Å². The summed E-state index contributed by atoms with van der Waals surface area (Å²) in [5, 5.41) is 0.356. The van der Waals surface area contributed by atoms with Crippen LogP contribution in [0.5, 0.6) is 0 Å². The van der Waals surface area contributed by atoms with Gasteiger partial charge in [-0.15, -0.1) is 0 Å². The first-order valence-electron chi connectivity index (χ1n) is 8.09. The summed E-state index contributed by atoms with van der Waals surface area (Å²) in [6.45, 7) is 7.46. The summed E-state index contributed by atoms with van der Waals surface area (Å²) in [5.74, 6) is -0.388. The zero-order valence-corrected chi connectivity index (χ0v) is 17.1. The van der Waals surface area contributed by atoms with Gasteiger partial charge in [-0.1, -0.05) is 22.6 Å². The zero-order chi connectivity index (χ0) is 19.5. The number of hydrogen-bond donors (Lipinski definition) is 0. The molecule has 0 radical (unpaired) electrons. The van der Waals surface area contributed by atoms with Gasteiger partial charge in [-0.2, -0.15) is 0 Å². The van der Waals surface area contributed by atoms with Gasteiger partial charge in [0.05, 0.1) is 13.3 Å². The van der Waals surface area contributed by atoms with Gasteiger partial charge in [0.25, 0.3) is 0 Å². The SMILES string of the molecule is COC(=S)c1cccc(C)c1-c1ccc(F)cc1/C=N/[S+]([O-])C(C)(C)C. The Morgan fingerprint density at radius 2 is 1.96 bits per heavy atom. The van der Waals surface area contributed by atoms with Crippen LogP contribution < -0.4 is 0 Å². The van der Waals surface area contributed by atoms with Crippen molar-refractivity contribution in [3.05, 3.63) is 58.9 Å². The van der Waals surface area contributed by atoms with E-state index in [2.05, 4.69) is 4.40 Å². The average molecular weight is 392 g/mol. The summed E-state index contributed by atoms with van der Waals surface area (Å²) in [7, 11) is 1.52. The Morgan fingerprint density at radius 1 is 1.27 bits per heavy atom. The molecule has 3 nitrogen and oxygen atoms in total. The summed E-state index contributed by atoms with van der Waals surface area (Å²) in [4.78, 5) is 0. The van der Waals surface area contributed by atoms with Crippen LogP contribution in [0.4, 0.5) is 4.39 Å². The standard InChI is InChI=1S/C20H22FNO2S2/c1-13-7-6-8-17(19(25)24-5)18(13)16-10-9-15(21)11-14(16)12-22-26(23)20(2,3)4/h6-12H,1-5H3/b22-12+. The van der Waals surface area contributed by atoms with Crippen LogP contribution in [0.15, 0.2) is 40.8 Å². The van der Waals surface area contributed by atoms with Gasteiger partial charge in [-0.25, -0.2) is 4.39 Å². The molecule has 138 valence electrons. The topological polar surface area (TPSA) is 44.6 Å². The number of methoxy groups -OCH3 is 1. The van der Waals surface area contributed by atoms with Crippen molar-refractivity contribution in [1.29, 1.82) is 0 Å². The van der Waals surface area contributed by atoms with Crippen molar-refractivity contribution in [3.63, 3.8) is 0 Å². The number of thiocarbonyl (C=S) groups is 1.